The van der Waals surface area contributed by atoms with Crippen LogP contribution in [0, 0.1) is 0 Å². The molecule has 2 atom stereocenters. The van der Waals surface area contributed by atoms with Crippen molar-refractivity contribution in [2.75, 3.05) is 37.6 Å². The number of hydrogen-bond donors (Lipinski definition) is 1. The maximum absolute atomic E-state index is 14.7. The normalized spacial score (nSPS) is 21.9. The van der Waals surface area contributed by atoms with Gasteiger partial charge < -0.3 is 15.1 Å². The maximum Gasteiger partial charge on any atom is 0.289 e. The van der Waals surface area contributed by atoms with Gasteiger partial charge in [0.1, 0.15) is 5.69 Å². The Hall–Kier alpha value is -2.40. The summed E-state index contributed by atoms with van der Waals surface area (Å²) in [6.07, 6.45) is 4.87. The molecule has 0 unspecified atom stereocenters. The van der Waals surface area contributed by atoms with Gasteiger partial charge >= 0.3 is 0 Å². The third-order valence-corrected chi connectivity index (χ3v) is 7.98. The van der Waals surface area contributed by atoms with Gasteiger partial charge in [0.25, 0.3) is 11.8 Å². The zero-order valence-corrected chi connectivity index (χ0v) is 25.0. The number of alkyl halides is 2. The van der Waals surface area contributed by atoms with Crippen LogP contribution in [-0.4, -0.2) is 76.4 Å². The number of fused-ring (bicyclic) bond motifs is 2. The van der Waals surface area contributed by atoms with Crippen LogP contribution in [0.25, 0.3) is 0 Å². The molecule has 1 fully saturated rings. The van der Waals surface area contributed by atoms with Crippen LogP contribution < -0.4 is 10.2 Å². The minimum Gasteiger partial charge on any atom is -0.333 e. The van der Waals surface area contributed by atoms with Crippen LogP contribution in [0.4, 0.5) is 14.5 Å². The first-order chi connectivity index (χ1) is 18.0. The van der Waals surface area contributed by atoms with Crippen molar-refractivity contribution in [2.45, 2.75) is 70.5 Å². The van der Waals surface area contributed by atoms with E-state index in [4.69, 9.17) is 0 Å². The molecule has 12 heteroatoms. The SMILES string of the molecule is CCCC(F)(F)c1cc2c(cn1)C(C)(C)CN2C(=O)CN1C[C@@H](C)NC[C@@H]1CN1Cc2ccncc2C1=O.Cl.Cl. The number of piperazine rings is 1. The lowest BCUT2D eigenvalue weighted by molar-refractivity contribution is -0.120. The van der Waals surface area contributed by atoms with Crippen molar-refractivity contribution in [3.63, 3.8) is 0 Å². The van der Waals surface area contributed by atoms with Crippen LogP contribution in [0.3, 0.4) is 0 Å². The third kappa shape index (κ3) is 6.10. The van der Waals surface area contributed by atoms with Gasteiger partial charge in [-0.2, -0.15) is 8.78 Å². The highest BCUT2D eigenvalue weighted by Gasteiger charge is 2.42. The van der Waals surface area contributed by atoms with Crippen molar-refractivity contribution in [1.82, 2.24) is 25.1 Å². The fourth-order valence-corrected chi connectivity index (χ4v) is 5.89. The van der Waals surface area contributed by atoms with Crippen molar-refractivity contribution in [3.8, 4) is 0 Å². The fraction of sp³-hybridized carbons (Fsp3) is 0.571. The number of rotatable bonds is 7. The van der Waals surface area contributed by atoms with E-state index in [0.29, 0.717) is 50.4 Å². The van der Waals surface area contributed by atoms with E-state index in [2.05, 4.69) is 27.1 Å². The summed E-state index contributed by atoms with van der Waals surface area (Å²) in [4.78, 5) is 40.5. The van der Waals surface area contributed by atoms with Gasteiger partial charge in [-0.15, -0.1) is 24.8 Å². The van der Waals surface area contributed by atoms with Gasteiger partial charge in [0, 0.05) is 80.8 Å². The number of nitrogens with zero attached hydrogens (tertiary/aromatic N) is 5. The lowest BCUT2D eigenvalue weighted by Gasteiger charge is -2.41. The van der Waals surface area contributed by atoms with Gasteiger partial charge in [0.05, 0.1) is 17.8 Å². The maximum atomic E-state index is 14.7. The van der Waals surface area contributed by atoms with Gasteiger partial charge in [0.15, 0.2) is 0 Å². The molecule has 3 aliphatic heterocycles. The lowest BCUT2D eigenvalue weighted by Crippen LogP contribution is -2.60. The molecular formula is C28H38Cl2F2N6O2. The van der Waals surface area contributed by atoms with E-state index in [0.717, 1.165) is 11.1 Å². The quantitative estimate of drug-likeness (QED) is 0.515. The Labute approximate surface area is 246 Å². The van der Waals surface area contributed by atoms with Crippen LogP contribution in [-0.2, 0) is 22.7 Å². The molecule has 2 aromatic heterocycles. The molecule has 1 N–H and O–H groups in total. The zero-order chi connectivity index (χ0) is 27.2. The van der Waals surface area contributed by atoms with E-state index in [-0.39, 0.29) is 67.4 Å². The molecule has 40 heavy (non-hydrogen) atoms. The molecule has 0 radical (unpaired) electrons. The number of nitrogens with one attached hydrogen (secondary N) is 1. The van der Waals surface area contributed by atoms with Crippen molar-refractivity contribution < 1.29 is 18.4 Å². The number of carbonyl (C=O) groups excluding carboxylic acids is 2. The number of halogens is 4. The molecule has 2 amide bonds. The highest BCUT2D eigenvalue weighted by Crippen LogP contribution is 2.43. The monoisotopic (exact) mass is 598 g/mol. The predicted octanol–water partition coefficient (Wildman–Crippen LogP) is 4.15. The van der Waals surface area contributed by atoms with Crippen molar-refractivity contribution >= 4 is 42.3 Å². The van der Waals surface area contributed by atoms with E-state index in [1.807, 2.05) is 24.8 Å². The first-order valence-electron chi connectivity index (χ1n) is 13.4. The number of hydrogen-bond acceptors (Lipinski definition) is 6. The van der Waals surface area contributed by atoms with Crippen LogP contribution in [0.5, 0.6) is 0 Å². The fourth-order valence-electron chi connectivity index (χ4n) is 5.89. The Balaban J connectivity index is 0.00000220. The molecule has 5 heterocycles. The van der Waals surface area contributed by atoms with E-state index in [1.54, 1.807) is 24.2 Å². The minimum atomic E-state index is -3.04. The Morgan fingerprint density at radius 3 is 2.70 bits per heavy atom. The molecule has 3 aliphatic rings. The smallest absolute Gasteiger partial charge is 0.289 e. The van der Waals surface area contributed by atoms with E-state index in [9.17, 15) is 18.4 Å². The predicted molar refractivity (Wildman–Crippen MR) is 155 cm³/mol. The number of carbonyl (C=O) groups is 2. The number of anilines is 1. The van der Waals surface area contributed by atoms with E-state index in [1.165, 1.54) is 12.3 Å². The molecule has 220 valence electrons. The molecule has 0 bridgehead atoms. The average molecular weight is 600 g/mol. The molecule has 0 aromatic carbocycles. The second-order valence-electron chi connectivity index (χ2n) is 11.5. The molecule has 1 saturated heterocycles. The standard InChI is InChI=1S/C28H36F2N6O2.2ClH/c1-5-7-28(29,30)24-9-23-22(12-33-24)27(3,4)17-36(23)25(37)16-34-13-18(2)32-10-20(34)15-35-14-19-6-8-31-11-21(19)26(35)38;;/h6,8-9,11-12,18,20,32H,5,7,10,13-17H2,1-4H3;2*1H/t18-,20-;;/m1../s1. The Morgan fingerprint density at radius 1 is 1.25 bits per heavy atom. The number of aromatic nitrogens is 2. The topological polar surface area (TPSA) is 81.7 Å². The molecule has 5 rings (SSSR count). The molecule has 2 aromatic rings. The van der Waals surface area contributed by atoms with E-state index < -0.39 is 11.3 Å². The summed E-state index contributed by atoms with van der Waals surface area (Å²) in [6.45, 7) is 10.7. The third-order valence-electron chi connectivity index (χ3n) is 7.98. The molecule has 8 nitrogen and oxygen atoms in total. The molecular weight excluding hydrogens is 561 g/mol. The Morgan fingerprint density at radius 2 is 2.00 bits per heavy atom. The zero-order valence-electron chi connectivity index (χ0n) is 23.3. The Bertz CT molecular complexity index is 1250. The lowest BCUT2D eigenvalue weighted by atomic mass is 9.88. The first-order valence-corrected chi connectivity index (χ1v) is 13.4. The van der Waals surface area contributed by atoms with Gasteiger partial charge in [-0.3, -0.25) is 24.5 Å². The Kier molecular flexibility index (Phi) is 9.82. The van der Waals surface area contributed by atoms with Crippen LogP contribution in [0.2, 0.25) is 0 Å². The summed E-state index contributed by atoms with van der Waals surface area (Å²) in [6, 6.07) is 3.40. The molecule has 0 aliphatic carbocycles. The van der Waals surface area contributed by atoms with Crippen molar-refractivity contribution in [3.05, 3.63) is 53.1 Å². The second-order valence-corrected chi connectivity index (χ2v) is 11.5. The summed E-state index contributed by atoms with van der Waals surface area (Å²) in [5.41, 5.74) is 2.25. The number of pyridine rings is 2. The van der Waals surface area contributed by atoms with Crippen molar-refractivity contribution in [1.29, 1.82) is 0 Å². The first kappa shape index (κ1) is 32.1. The summed E-state index contributed by atoms with van der Waals surface area (Å²) in [5, 5.41) is 3.47. The minimum absolute atomic E-state index is 0. The molecule has 0 saturated carbocycles. The number of amides is 2. The van der Waals surface area contributed by atoms with Crippen LogP contribution in [0.15, 0.2) is 30.7 Å². The highest BCUT2D eigenvalue weighted by molar-refractivity contribution is 5.98. The highest BCUT2D eigenvalue weighted by atomic mass is 35.5. The van der Waals surface area contributed by atoms with Gasteiger partial charge in [-0.05, 0) is 24.6 Å². The van der Waals surface area contributed by atoms with E-state index >= 15 is 0 Å². The van der Waals surface area contributed by atoms with Gasteiger partial charge in [-0.25, -0.2) is 0 Å². The second kappa shape index (κ2) is 12.2. The largest absolute Gasteiger partial charge is 0.333 e. The van der Waals surface area contributed by atoms with Crippen LogP contribution >= 0.6 is 24.8 Å². The summed E-state index contributed by atoms with van der Waals surface area (Å²) < 4.78 is 29.4. The van der Waals surface area contributed by atoms with Gasteiger partial charge in [0.2, 0.25) is 5.91 Å². The summed E-state index contributed by atoms with van der Waals surface area (Å²) in [5.74, 6) is -3.21. The van der Waals surface area contributed by atoms with Crippen molar-refractivity contribution in [2.24, 2.45) is 0 Å². The average Bonchev–Trinajstić information content (AvgIpc) is 3.33. The van der Waals surface area contributed by atoms with Gasteiger partial charge in [-0.1, -0.05) is 27.2 Å². The summed E-state index contributed by atoms with van der Waals surface area (Å²) >= 11 is 0. The van der Waals surface area contributed by atoms with Crippen LogP contribution in [0.1, 0.15) is 67.7 Å². The molecule has 0 spiro atoms. The summed E-state index contributed by atoms with van der Waals surface area (Å²) in [7, 11) is 0.